The van der Waals surface area contributed by atoms with Gasteiger partial charge in [0.25, 0.3) is 5.91 Å². The van der Waals surface area contributed by atoms with Gasteiger partial charge in [-0.05, 0) is 55.7 Å². The quantitative estimate of drug-likeness (QED) is 0.851. The van der Waals surface area contributed by atoms with E-state index in [1.165, 1.54) is 0 Å². The van der Waals surface area contributed by atoms with Crippen molar-refractivity contribution in [3.8, 4) is 5.75 Å². The van der Waals surface area contributed by atoms with Crippen molar-refractivity contribution in [1.29, 1.82) is 0 Å². The molecule has 0 atom stereocenters. The van der Waals surface area contributed by atoms with Gasteiger partial charge >= 0.3 is 0 Å². The van der Waals surface area contributed by atoms with Gasteiger partial charge < -0.3 is 14.5 Å². The number of nitrogens with zero attached hydrogens (tertiary/aromatic N) is 2. The van der Waals surface area contributed by atoms with Crippen LogP contribution in [0.15, 0.2) is 48.5 Å². The van der Waals surface area contributed by atoms with E-state index in [4.69, 9.17) is 4.74 Å². The Morgan fingerprint density at radius 2 is 1.54 bits per heavy atom. The van der Waals surface area contributed by atoms with E-state index in [1.54, 1.807) is 36.3 Å². The Bertz CT molecular complexity index is 827. The zero-order chi connectivity index (χ0) is 18.1. The third kappa shape index (κ3) is 3.05. The summed E-state index contributed by atoms with van der Waals surface area (Å²) in [6.45, 7) is 1.25. The molecule has 4 rings (SSSR count). The Labute approximate surface area is 153 Å². The van der Waals surface area contributed by atoms with E-state index in [0.29, 0.717) is 18.7 Å². The first-order valence-electron chi connectivity index (χ1n) is 9.05. The Hall–Kier alpha value is -2.82. The van der Waals surface area contributed by atoms with Crippen molar-refractivity contribution < 1.29 is 14.3 Å². The summed E-state index contributed by atoms with van der Waals surface area (Å²) < 4.78 is 5.17. The van der Waals surface area contributed by atoms with Crippen molar-refractivity contribution in [2.75, 3.05) is 30.0 Å². The zero-order valence-corrected chi connectivity index (χ0v) is 14.9. The van der Waals surface area contributed by atoms with Gasteiger partial charge in [-0.3, -0.25) is 9.59 Å². The van der Waals surface area contributed by atoms with E-state index in [9.17, 15) is 9.59 Å². The molecule has 134 valence electrons. The van der Waals surface area contributed by atoms with Crippen LogP contribution in [0.25, 0.3) is 0 Å². The molecule has 1 aliphatic heterocycles. The molecule has 0 bridgehead atoms. The standard InChI is InChI=1S/C21H22N2O3/c1-26-17-11-9-16(10-12-17)21(25)23-14-4-13-22(20(24)15-7-8-15)18-5-2-3-6-19(18)23/h2-3,5-6,9-12,15H,4,7-8,13-14H2,1H3. The summed E-state index contributed by atoms with van der Waals surface area (Å²) in [5, 5.41) is 0. The molecular weight excluding hydrogens is 328 g/mol. The fourth-order valence-corrected chi connectivity index (χ4v) is 3.43. The van der Waals surface area contributed by atoms with E-state index in [0.717, 1.165) is 36.4 Å². The number of anilines is 2. The molecule has 26 heavy (non-hydrogen) atoms. The molecule has 0 N–H and O–H groups in total. The normalized spacial score (nSPS) is 16.7. The number of fused-ring (bicyclic) bond motifs is 1. The van der Waals surface area contributed by atoms with E-state index < -0.39 is 0 Å². The zero-order valence-electron chi connectivity index (χ0n) is 14.9. The first-order valence-corrected chi connectivity index (χ1v) is 9.05. The van der Waals surface area contributed by atoms with E-state index >= 15 is 0 Å². The molecule has 2 aromatic carbocycles. The van der Waals surface area contributed by atoms with Crippen LogP contribution in [0.4, 0.5) is 11.4 Å². The monoisotopic (exact) mass is 350 g/mol. The van der Waals surface area contributed by atoms with Crippen molar-refractivity contribution in [3.05, 3.63) is 54.1 Å². The van der Waals surface area contributed by atoms with Crippen LogP contribution >= 0.6 is 0 Å². The van der Waals surface area contributed by atoms with Crippen LogP contribution in [0.3, 0.4) is 0 Å². The smallest absolute Gasteiger partial charge is 0.258 e. The Balaban J connectivity index is 1.67. The van der Waals surface area contributed by atoms with Gasteiger partial charge in [-0.1, -0.05) is 12.1 Å². The number of hydrogen-bond acceptors (Lipinski definition) is 3. The minimum Gasteiger partial charge on any atom is -0.497 e. The van der Waals surface area contributed by atoms with Crippen molar-refractivity contribution >= 4 is 23.2 Å². The minimum absolute atomic E-state index is 0.0548. The number of hydrogen-bond donors (Lipinski definition) is 0. The SMILES string of the molecule is COc1ccc(C(=O)N2CCCN(C(=O)C3CC3)c3ccccc32)cc1. The Kier molecular flexibility index (Phi) is 4.37. The van der Waals surface area contributed by atoms with Crippen molar-refractivity contribution in [2.45, 2.75) is 19.3 Å². The molecule has 5 heteroatoms. The number of methoxy groups -OCH3 is 1. The summed E-state index contributed by atoms with van der Waals surface area (Å²) in [7, 11) is 1.60. The fraction of sp³-hybridized carbons (Fsp3) is 0.333. The third-order valence-electron chi connectivity index (χ3n) is 5.00. The van der Waals surface area contributed by atoms with Gasteiger partial charge in [-0.2, -0.15) is 0 Å². The second-order valence-electron chi connectivity index (χ2n) is 6.79. The van der Waals surface area contributed by atoms with Gasteiger partial charge in [0.1, 0.15) is 5.75 Å². The topological polar surface area (TPSA) is 49.9 Å². The number of carbonyl (C=O) groups excluding carboxylic acids is 2. The lowest BCUT2D eigenvalue weighted by Gasteiger charge is -2.25. The van der Waals surface area contributed by atoms with Gasteiger partial charge in [0.15, 0.2) is 0 Å². The van der Waals surface area contributed by atoms with Crippen molar-refractivity contribution in [1.82, 2.24) is 0 Å². The van der Waals surface area contributed by atoms with Gasteiger partial charge in [-0.25, -0.2) is 0 Å². The number of benzene rings is 2. The summed E-state index contributed by atoms with van der Waals surface area (Å²) in [4.78, 5) is 29.5. The van der Waals surface area contributed by atoms with Gasteiger partial charge in [0, 0.05) is 24.6 Å². The molecule has 2 amide bonds. The number of ether oxygens (including phenoxy) is 1. The third-order valence-corrected chi connectivity index (χ3v) is 5.00. The summed E-state index contributed by atoms with van der Waals surface area (Å²) in [6.07, 6.45) is 2.72. The molecule has 0 spiro atoms. The lowest BCUT2D eigenvalue weighted by Crippen LogP contribution is -2.32. The molecule has 5 nitrogen and oxygen atoms in total. The summed E-state index contributed by atoms with van der Waals surface area (Å²) in [6, 6.07) is 14.8. The van der Waals surface area contributed by atoms with Crippen LogP contribution in [0.1, 0.15) is 29.6 Å². The number of amides is 2. The molecule has 0 saturated heterocycles. The maximum Gasteiger partial charge on any atom is 0.258 e. The molecule has 2 aliphatic rings. The largest absolute Gasteiger partial charge is 0.497 e. The maximum atomic E-state index is 13.1. The van der Waals surface area contributed by atoms with Gasteiger partial charge in [0.2, 0.25) is 5.91 Å². The number of carbonyl (C=O) groups is 2. The number of rotatable bonds is 3. The highest BCUT2D eigenvalue weighted by Crippen LogP contribution is 2.38. The molecule has 0 aromatic heterocycles. The minimum atomic E-state index is -0.0548. The fourth-order valence-electron chi connectivity index (χ4n) is 3.43. The summed E-state index contributed by atoms with van der Waals surface area (Å²) in [5.41, 5.74) is 2.26. The molecule has 1 fully saturated rings. The van der Waals surface area contributed by atoms with Crippen LogP contribution in [-0.4, -0.2) is 32.0 Å². The van der Waals surface area contributed by atoms with Crippen molar-refractivity contribution in [3.63, 3.8) is 0 Å². The highest BCUT2D eigenvalue weighted by atomic mass is 16.5. The average Bonchev–Trinajstić information content (AvgIpc) is 3.53. The molecule has 0 radical (unpaired) electrons. The predicted octanol–water partition coefficient (Wildman–Crippen LogP) is 3.49. The van der Waals surface area contributed by atoms with Crippen LogP contribution in [0.2, 0.25) is 0 Å². The van der Waals surface area contributed by atoms with E-state index in [1.807, 2.05) is 29.2 Å². The van der Waals surface area contributed by atoms with Gasteiger partial charge in [-0.15, -0.1) is 0 Å². The van der Waals surface area contributed by atoms with Crippen LogP contribution in [0, 0.1) is 5.92 Å². The predicted molar refractivity (Wildman–Crippen MR) is 101 cm³/mol. The van der Waals surface area contributed by atoms with Crippen molar-refractivity contribution in [2.24, 2.45) is 5.92 Å². The van der Waals surface area contributed by atoms with E-state index in [2.05, 4.69) is 0 Å². The highest BCUT2D eigenvalue weighted by Gasteiger charge is 2.36. The first-order chi connectivity index (χ1) is 12.7. The lowest BCUT2D eigenvalue weighted by atomic mass is 10.1. The number of para-hydroxylation sites is 2. The first kappa shape index (κ1) is 16.6. The summed E-state index contributed by atoms with van der Waals surface area (Å²) >= 11 is 0. The molecule has 1 aliphatic carbocycles. The lowest BCUT2D eigenvalue weighted by molar-refractivity contribution is -0.119. The Morgan fingerprint density at radius 3 is 2.15 bits per heavy atom. The molecular formula is C21H22N2O3. The molecule has 0 unspecified atom stereocenters. The van der Waals surface area contributed by atoms with Gasteiger partial charge in [0.05, 0.1) is 18.5 Å². The van der Waals surface area contributed by atoms with E-state index in [-0.39, 0.29) is 17.7 Å². The highest BCUT2D eigenvalue weighted by molar-refractivity contribution is 6.10. The Morgan fingerprint density at radius 1 is 0.923 bits per heavy atom. The molecule has 1 saturated carbocycles. The average molecular weight is 350 g/mol. The van der Waals surface area contributed by atoms with Crippen LogP contribution in [-0.2, 0) is 4.79 Å². The van der Waals surface area contributed by atoms with Crippen LogP contribution in [0.5, 0.6) is 5.75 Å². The molecule has 1 heterocycles. The summed E-state index contributed by atoms with van der Waals surface area (Å²) in [5.74, 6) is 1.02. The van der Waals surface area contributed by atoms with Crippen LogP contribution < -0.4 is 14.5 Å². The molecule has 2 aromatic rings. The second kappa shape index (κ2) is 6.83. The maximum absolute atomic E-state index is 13.1. The second-order valence-corrected chi connectivity index (χ2v) is 6.79.